The average molecular weight is 289 g/mol. The second-order valence-corrected chi connectivity index (χ2v) is 6.18. The number of hydrogen-bond acceptors (Lipinski definition) is 4. The Bertz CT molecular complexity index is 398. The predicted octanol–water partition coefficient (Wildman–Crippen LogP) is 2.60. The molecule has 4 nitrogen and oxygen atoms in total. The third-order valence-corrected chi connectivity index (χ3v) is 4.66. The standard InChI is InChI=1S/C17H27N3O/c1-2-6-16(5-1)21-14-11-18-15-8-12-20(13-9-15)17-7-3-4-10-19-17/h3-4,7,10,15-16,18H,1-2,5-6,8-9,11-14H2. The molecule has 2 heterocycles. The lowest BCUT2D eigenvalue weighted by Crippen LogP contribution is -2.43. The molecule has 0 atom stereocenters. The van der Waals surface area contributed by atoms with Crippen LogP contribution >= 0.6 is 0 Å². The summed E-state index contributed by atoms with van der Waals surface area (Å²) in [6.45, 7) is 4.05. The van der Waals surface area contributed by atoms with Crippen LogP contribution in [0.3, 0.4) is 0 Å². The Morgan fingerprint density at radius 2 is 1.95 bits per heavy atom. The fraction of sp³-hybridized carbons (Fsp3) is 0.706. The van der Waals surface area contributed by atoms with Crippen LogP contribution in [0.1, 0.15) is 38.5 Å². The van der Waals surface area contributed by atoms with Crippen molar-refractivity contribution < 1.29 is 4.74 Å². The van der Waals surface area contributed by atoms with Gasteiger partial charge in [0.1, 0.15) is 5.82 Å². The number of nitrogens with zero attached hydrogens (tertiary/aromatic N) is 2. The zero-order valence-electron chi connectivity index (χ0n) is 12.8. The molecule has 2 aliphatic rings. The Kier molecular flexibility index (Phi) is 5.46. The van der Waals surface area contributed by atoms with E-state index >= 15 is 0 Å². The molecule has 1 aromatic rings. The van der Waals surface area contributed by atoms with E-state index in [4.69, 9.17) is 4.74 Å². The lowest BCUT2D eigenvalue weighted by Gasteiger charge is -2.33. The summed E-state index contributed by atoms with van der Waals surface area (Å²) in [6, 6.07) is 6.77. The smallest absolute Gasteiger partial charge is 0.128 e. The van der Waals surface area contributed by atoms with Gasteiger partial charge in [0.15, 0.2) is 0 Å². The molecule has 4 heteroatoms. The second-order valence-electron chi connectivity index (χ2n) is 6.18. The van der Waals surface area contributed by atoms with Crippen molar-refractivity contribution in [2.24, 2.45) is 0 Å². The monoisotopic (exact) mass is 289 g/mol. The molecule has 1 N–H and O–H groups in total. The molecule has 0 amide bonds. The Labute approximate surface area is 127 Å². The van der Waals surface area contributed by atoms with Crippen LogP contribution in [-0.4, -0.2) is 43.4 Å². The highest BCUT2D eigenvalue weighted by Gasteiger charge is 2.20. The van der Waals surface area contributed by atoms with E-state index in [9.17, 15) is 0 Å². The van der Waals surface area contributed by atoms with E-state index in [1.165, 1.54) is 38.5 Å². The number of ether oxygens (including phenoxy) is 1. The SMILES string of the molecule is c1ccc(N2CCC(NCCOC3CCCC3)CC2)nc1. The first kappa shape index (κ1) is 14.8. The van der Waals surface area contributed by atoms with Crippen molar-refractivity contribution in [2.45, 2.75) is 50.7 Å². The van der Waals surface area contributed by atoms with Gasteiger partial charge in [-0.05, 0) is 37.8 Å². The van der Waals surface area contributed by atoms with E-state index in [1.54, 1.807) is 0 Å². The zero-order chi connectivity index (χ0) is 14.3. The normalized spacial score (nSPS) is 21.0. The summed E-state index contributed by atoms with van der Waals surface area (Å²) < 4.78 is 5.90. The fourth-order valence-corrected chi connectivity index (χ4v) is 3.40. The summed E-state index contributed by atoms with van der Waals surface area (Å²) in [5, 5.41) is 3.65. The van der Waals surface area contributed by atoms with Gasteiger partial charge in [-0.25, -0.2) is 4.98 Å². The Balaban J connectivity index is 1.30. The molecule has 1 saturated carbocycles. The Morgan fingerprint density at radius 3 is 2.67 bits per heavy atom. The largest absolute Gasteiger partial charge is 0.377 e. The maximum atomic E-state index is 5.90. The minimum atomic E-state index is 0.540. The molecule has 3 rings (SSSR count). The first-order valence-corrected chi connectivity index (χ1v) is 8.43. The van der Waals surface area contributed by atoms with Crippen molar-refractivity contribution >= 4 is 5.82 Å². The van der Waals surface area contributed by atoms with Crippen LogP contribution < -0.4 is 10.2 Å². The van der Waals surface area contributed by atoms with Crippen molar-refractivity contribution in [1.82, 2.24) is 10.3 Å². The molecule has 0 bridgehead atoms. The molecule has 1 aromatic heterocycles. The van der Waals surface area contributed by atoms with Crippen molar-refractivity contribution in [1.29, 1.82) is 0 Å². The summed E-state index contributed by atoms with van der Waals surface area (Å²) in [4.78, 5) is 6.81. The van der Waals surface area contributed by atoms with Crippen LogP contribution in [0.5, 0.6) is 0 Å². The van der Waals surface area contributed by atoms with Crippen LogP contribution in [0.2, 0.25) is 0 Å². The third-order valence-electron chi connectivity index (χ3n) is 4.66. The topological polar surface area (TPSA) is 37.4 Å². The number of piperidine rings is 1. The van der Waals surface area contributed by atoms with E-state index in [-0.39, 0.29) is 0 Å². The van der Waals surface area contributed by atoms with Gasteiger partial charge in [-0.2, -0.15) is 0 Å². The zero-order valence-corrected chi connectivity index (χ0v) is 12.8. The van der Waals surface area contributed by atoms with Gasteiger partial charge in [-0.3, -0.25) is 0 Å². The first-order valence-electron chi connectivity index (χ1n) is 8.43. The second kappa shape index (κ2) is 7.76. The molecular formula is C17H27N3O. The maximum absolute atomic E-state index is 5.90. The quantitative estimate of drug-likeness (QED) is 0.817. The van der Waals surface area contributed by atoms with Crippen LogP contribution in [0.25, 0.3) is 0 Å². The molecule has 2 fully saturated rings. The minimum Gasteiger partial charge on any atom is -0.377 e. The van der Waals surface area contributed by atoms with Crippen LogP contribution in [0.4, 0.5) is 5.82 Å². The predicted molar refractivity (Wildman–Crippen MR) is 85.7 cm³/mol. The van der Waals surface area contributed by atoms with Crippen LogP contribution in [-0.2, 0) is 4.74 Å². The molecule has 1 saturated heterocycles. The summed E-state index contributed by atoms with van der Waals surface area (Å²) in [5.41, 5.74) is 0. The fourth-order valence-electron chi connectivity index (χ4n) is 3.40. The number of pyridine rings is 1. The van der Waals surface area contributed by atoms with Gasteiger partial charge in [0, 0.05) is 31.9 Å². The highest BCUT2D eigenvalue weighted by atomic mass is 16.5. The molecule has 0 aromatic carbocycles. The molecule has 116 valence electrons. The molecule has 1 aliphatic heterocycles. The van der Waals surface area contributed by atoms with E-state index in [0.717, 1.165) is 32.1 Å². The summed E-state index contributed by atoms with van der Waals surface area (Å²) in [6.07, 6.45) is 10.0. The van der Waals surface area contributed by atoms with E-state index in [0.29, 0.717) is 12.1 Å². The number of nitrogens with one attached hydrogen (secondary N) is 1. The minimum absolute atomic E-state index is 0.540. The number of anilines is 1. The van der Waals surface area contributed by atoms with E-state index in [2.05, 4.69) is 27.3 Å². The highest BCUT2D eigenvalue weighted by Crippen LogP contribution is 2.20. The molecule has 1 aliphatic carbocycles. The van der Waals surface area contributed by atoms with Gasteiger partial charge < -0.3 is 15.0 Å². The summed E-state index contributed by atoms with van der Waals surface area (Å²) in [7, 11) is 0. The van der Waals surface area contributed by atoms with Crippen molar-refractivity contribution in [3.63, 3.8) is 0 Å². The lowest BCUT2D eigenvalue weighted by molar-refractivity contribution is 0.0587. The van der Waals surface area contributed by atoms with Gasteiger partial charge in [-0.15, -0.1) is 0 Å². The van der Waals surface area contributed by atoms with E-state index < -0.39 is 0 Å². The molecular weight excluding hydrogens is 262 g/mol. The van der Waals surface area contributed by atoms with Gasteiger partial charge in [0.2, 0.25) is 0 Å². The third kappa shape index (κ3) is 4.42. The van der Waals surface area contributed by atoms with Gasteiger partial charge >= 0.3 is 0 Å². The van der Waals surface area contributed by atoms with Crippen molar-refractivity contribution in [3.05, 3.63) is 24.4 Å². The van der Waals surface area contributed by atoms with Crippen LogP contribution in [0.15, 0.2) is 24.4 Å². The molecule has 0 radical (unpaired) electrons. The summed E-state index contributed by atoms with van der Waals surface area (Å²) in [5.74, 6) is 1.11. The molecule has 0 spiro atoms. The first-order chi connectivity index (χ1) is 10.4. The van der Waals surface area contributed by atoms with Crippen LogP contribution in [0, 0.1) is 0 Å². The Morgan fingerprint density at radius 1 is 1.14 bits per heavy atom. The van der Waals surface area contributed by atoms with Crippen molar-refractivity contribution in [2.75, 3.05) is 31.1 Å². The molecule has 21 heavy (non-hydrogen) atoms. The Hall–Kier alpha value is -1.13. The molecule has 0 unspecified atom stereocenters. The average Bonchev–Trinajstić information content (AvgIpc) is 3.06. The van der Waals surface area contributed by atoms with Crippen molar-refractivity contribution in [3.8, 4) is 0 Å². The van der Waals surface area contributed by atoms with Gasteiger partial charge in [-0.1, -0.05) is 18.9 Å². The number of hydrogen-bond donors (Lipinski definition) is 1. The van der Waals surface area contributed by atoms with E-state index in [1.807, 2.05) is 12.3 Å². The van der Waals surface area contributed by atoms with Gasteiger partial charge in [0.25, 0.3) is 0 Å². The number of rotatable bonds is 6. The lowest BCUT2D eigenvalue weighted by atomic mass is 10.1. The highest BCUT2D eigenvalue weighted by molar-refractivity contribution is 5.38. The van der Waals surface area contributed by atoms with Gasteiger partial charge in [0.05, 0.1) is 12.7 Å². The maximum Gasteiger partial charge on any atom is 0.128 e. The summed E-state index contributed by atoms with van der Waals surface area (Å²) >= 11 is 0. The number of aromatic nitrogens is 1.